The summed E-state index contributed by atoms with van der Waals surface area (Å²) in [4.78, 5) is 18.7. The van der Waals surface area contributed by atoms with E-state index in [0.29, 0.717) is 11.2 Å². The molecule has 4 rings (SSSR count). The number of amides is 1. The second-order valence-corrected chi connectivity index (χ2v) is 7.46. The van der Waals surface area contributed by atoms with Gasteiger partial charge < -0.3 is 9.80 Å². The maximum atomic E-state index is 12.9. The van der Waals surface area contributed by atoms with E-state index in [0.717, 1.165) is 43.7 Å². The van der Waals surface area contributed by atoms with Crippen molar-refractivity contribution in [2.75, 3.05) is 33.2 Å². The Labute approximate surface area is 147 Å². The predicted octanol–water partition coefficient (Wildman–Crippen LogP) is 1.43. The summed E-state index contributed by atoms with van der Waals surface area (Å²) in [5, 5.41) is 12.0. The fraction of sp³-hybridized carbons (Fsp3) is 0.556. The van der Waals surface area contributed by atoms with E-state index >= 15 is 0 Å². The molecule has 0 bridgehead atoms. The normalized spacial score (nSPS) is 20.3. The summed E-state index contributed by atoms with van der Waals surface area (Å²) in [5.41, 5.74) is 1.95. The van der Waals surface area contributed by atoms with Crippen LogP contribution >= 0.6 is 0 Å². The zero-order valence-electron chi connectivity index (χ0n) is 14.9. The van der Waals surface area contributed by atoms with Crippen LogP contribution in [0.4, 0.5) is 0 Å². The molecule has 3 heterocycles. The number of hydrogen-bond donors (Lipinski definition) is 0. The van der Waals surface area contributed by atoms with Crippen molar-refractivity contribution < 1.29 is 4.79 Å². The first kappa shape index (κ1) is 16.2. The highest BCUT2D eigenvalue weighted by atomic mass is 16.2. The van der Waals surface area contributed by atoms with Crippen molar-refractivity contribution in [1.29, 1.82) is 0 Å². The highest BCUT2D eigenvalue weighted by Gasteiger charge is 2.41. The minimum absolute atomic E-state index is 0.134. The standard InChI is InChI=1S/C18H24N6O/c1-22-10-7-18(8-11-22)9-12-24(13-18)17(25)15-5-3-14(4-6-15)16-19-21-23(2)20-16/h3-6H,7-13H2,1-2H3. The number of nitrogens with zero attached hydrogens (tertiary/aromatic N) is 6. The van der Waals surface area contributed by atoms with Crippen molar-refractivity contribution >= 4 is 5.91 Å². The fourth-order valence-electron chi connectivity index (χ4n) is 3.95. The zero-order valence-corrected chi connectivity index (χ0v) is 14.9. The van der Waals surface area contributed by atoms with Gasteiger partial charge >= 0.3 is 0 Å². The Bertz CT molecular complexity index is 760. The number of carbonyl (C=O) groups excluding carboxylic acids is 1. The van der Waals surface area contributed by atoms with Gasteiger partial charge in [-0.15, -0.1) is 10.2 Å². The lowest BCUT2D eigenvalue weighted by Gasteiger charge is -2.37. The summed E-state index contributed by atoms with van der Waals surface area (Å²) >= 11 is 0. The zero-order chi connectivity index (χ0) is 17.4. The third-order valence-electron chi connectivity index (χ3n) is 5.67. The summed E-state index contributed by atoms with van der Waals surface area (Å²) in [6.07, 6.45) is 3.53. The first-order chi connectivity index (χ1) is 12.0. The SMILES string of the molecule is CN1CCC2(CC1)CCN(C(=O)c1ccc(-c3nnn(C)n3)cc1)C2. The smallest absolute Gasteiger partial charge is 0.253 e. The van der Waals surface area contributed by atoms with Crippen LogP contribution in [0.15, 0.2) is 24.3 Å². The number of carbonyl (C=O) groups is 1. The third-order valence-corrected chi connectivity index (χ3v) is 5.67. The van der Waals surface area contributed by atoms with E-state index in [-0.39, 0.29) is 5.91 Å². The highest BCUT2D eigenvalue weighted by Crippen LogP contribution is 2.40. The average molecular weight is 340 g/mol. The number of piperidine rings is 1. The number of hydrogen-bond acceptors (Lipinski definition) is 5. The van der Waals surface area contributed by atoms with Gasteiger partial charge in [-0.1, -0.05) is 12.1 Å². The van der Waals surface area contributed by atoms with Crippen LogP contribution < -0.4 is 0 Å². The van der Waals surface area contributed by atoms with Gasteiger partial charge in [-0.25, -0.2) is 0 Å². The molecule has 1 aromatic carbocycles. The summed E-state index contributed by atoms with van der Waals surface area (Å²) in [6, 6.07) is 7.53. The van der Waals surface area contributed by atoms with E-state index in [4.69, 9.17) is 0 Å². The van der Waals surface area contributed by atoms with Gasteiger partial charge in [-0.3, -0.25) is 4.79 Å². The summed E-state index contributed by atoms with van der Waals surface area (Å²) in [5.74, 6) is 0.711. The molecule has 2 aromatic rings. The molecule has 2 fully saturated rings. The molecule has 0 N–H and O–H groups in total. The van der Waals surface area contributed by atoms with E-state index < -0.39 is 0 Å². The molecule has 1 aromatic heterocycles. The Morgan fingerprint density at radius 3 is 2.36 bits per heavy atom. The molecule has 7 nitrogen and oxygen atoms in total. The van der Waals surface area contributed by atoms with Crippen molar-refractivity contribution in [3.8, 4) is 11.4 Å². The van der Waals surface area contributed by atoms with Gasteiger partial charge in [0.05, 0.1) is 7.05 Å². The van der Waals surface area contributed by atoms with Gasteiger partial charge in [-0.2, -0.15) is 4.80 Å². The third kappa shape index (κ3) is 3.16. The molecule has 0 unspecified atom stereocenters. The fourth-order valence-corrected chi connectivity index (χ4v) is 3.95. The van der Waals surface area contributed by atoms with Gasteiger partial charge in [0.2, 0.25) is 5.82 Å². The molecule has 0 atom stereocenters. The van der Waals surface area contributed by atoms with Gasteiger partial charge in [0.15, 0.2) is 0 Å². The Hall–Kier alpha value is -2.28. The van der Waals surface area contributed by atoms with Gasteiger partial charge in [-0.05, 0) is 62.2 Å². The second-order valence-electron chi connectivity index (χ2n) is 7.46. The maximum Gasteiger partial charge on any atom is 0.253 e. The molecule has 2 saturated heterocycles. The van der Waals surface area contributed by atoms with E-state index in [1.807, 2.05) is 29.2 Å². The van der Waals surface area contributed by atoms with Gasteiger partial charge in [0, 0.05) is 24.2 Å². The summed E-state index contributed by atoms with van der Waals surface area (Å²) in [7, 11) is 3.92. The first-order valence-electron chi connectivity index (χ1n) is 8.87. The molecule has 1 amide bonds. The monoisotopic (exact) mass is 340 g/mol. The number of aryl methyl sites for hydroxylation is 1. The molecule has 0 aliphatic carbocycles. The predicted molar refractivity (Wildman–Crippen MR) is 93.9 cm³/mol. The highest BCUT2D eigenvalue weighted by molar-refractivity contribution is 5.94. The number of likely N-dealkylation sites (tertiary alicyclic amines) is 2. The van der Waals surface area contributed by atoms with Crippen LogP contribution in [-0.2, 0) is 7.05 Å². The second kappa shape index (κ2) is 6.22. The van der Waals surface area contributed by atoms with Crippen LogP contribution in [0.1, 0.15) is 29.6 Å². The molecule has 2 aliphatic heterocycles. The molecular formula is C18H24N6O. The number of rotatable bonds is 2. The van der Waals surface area contributed by atoms with Crippen molar-refractivity contribution in [2.45, 2.75) is 19.3 Å². The number of benzene rings is 1. The molecule has 7 heteroatoms. The summed E-state index contributed by atoms with van der Waals surface area (Å²) < 4.78 is 0. The Kier molecular flexibility index (Phi) is 4.03. The number of tetrazole rings is 1. The molecule has 0 radical (unpaired) electrons. The largest absolute Gasteiger partial charge is 0.338 e. The number of aromatic nitrogens is 4. The summed E-state index contributed by atoms with van der Waals surface area (Å²) in [6.45, 7) is 4.05. The van der Waals surface area contributed by atoms with Crippen LogP contribution in [0.5, 0.6) is 0 Å². The Balaban J connectivity index is 1.45. The lowest BCUT2D eigenvalue weighted by Crippen LogP contribution is -2.40. The molecular weight excluding hydrogens is 316 g/mol. The molecule has 0 saturated carbocycles. The van der Waals surface area contributed by atoms with Crippen LogP contribution in [0, 0.1) is 5.41 Å². The van der Waals surface area contributed by atoms with Crippen molar-refractivity contribution in [3.63, 3.8) is 0 Å². The first-order valence-corrected chi connectivity index (χ1v) is 8.87. The van der Waals surface area contributed by atoms with E-state index in [2.05, 4.69) is 27.4 Å². The van der Waals surface area contributed by atoms with Gasteiger partial charge in [0.25, 0.3) is 5.91 Å². The minimum Gasteiger partial charge on any atom is -0.338 e. The van der Waals surface area contributed by atoms with Crippen molar-refractivity contribution in [1.82, 2.24) is 30.0 Å². The maximum absolute atomic E-state index is 12.9. The average Bonchev–Trinajstić information content (AvgIpc) is 3.24. The minimum atomic E-state index is 0.134. The van der Waals surface area contributed by atoms with Crippen LogP contribution in [0.25, 0.3) is 11.4 Å². The van der Waals surface area contributed by atoms with Crippen molar-refractivity contribution in [3.05, 3.63) is 29.8 Å². The molecule has 132 valence electrons. The van der Waals surface area contributed by atoms with E-state index in [9.17, 15) is 4.79 Å². The van der Waals surface area contributed by atoms with Crippen molar-refractivity contribution in [2.24, 2.45) is 12.5 Å². The Morgan fingerprint density at radius 2 is 1.72 bits per heavy atom. The van der Waals surface area contributed by atoms with Crippen LogP contribution in [0.3, 0.4) is 0 Å². The molecule has 25 heavy (non-hydrogen) atoms. The van der Waals surface area contributed by atoms with Gasteiger partial charge in [0.1, 0.15) is 0 Å². The van der Waals surface area contributed by atoms with Crippen LogP contribution in [-0.4, -0.2) is 69.1 Å². The van der Waals surface area contributed by atoms with Crippen LogP contribution in [0.2, 0.25) is 0 Å². The Morgan fingerprint density at radius 1 is 1.04 bits per heavy atom. The lowest BCUT2D eigenvalue weighted by atomic mass is 9.78. The molecule has 2 aliphatic rings. The quantitative estimate of drug-likeness (QED) is 0.827. The molecule has 1 spiro atoms. The van der Waals surface area contributed by atoms with E-state index in [1.165, 1.54) is 17.6 Å². The topological polar surface area (TPSA) is 67.2 Å². The lowest BCUT2D eigenvalue weighted by molar-refractivity contribution is 0.0736. The van der Waals surface area contributed by atoms with E-state index in [1.54, 1.807) is 7.05 Å².